The third-order valence-electron chi connectivity index (χ3n) is 3.13. The van der Waals surface area contributed by atoms with Crippen LogP contribution in [0.1, 0.15) is 24.8 Å². The van der Waals surface area contributed by atoms with Gasteiger partial charge in [-0.05, 0) is 19.3 Å². The molecule has 1 heterocycles. The van der Waals surface area contributed by atoms with Crippen molar-refractivity contribution in [2.75, 3.05) is 13.1 Å². The summed E-state index contributed by atoms with van der Waals surface area (Å²) in [5, 5.41) is 3.79. The number of nitrogens with one attached hydrogen (secondary N) is 1. The average molecular weight is 295 g/mol. The molecule has 7 heteroatoms. The van der Waals surface area contributed by atoms with E-state index in [1.54, 1.807) is 29.2 Å². The molecule has 108 valence electrons. The van der Waals surface area contributed by atoms with Crippen molar-refractivity contribution in [1.82, 2.24) is 9.73 Å². The molecule has 1 amide bonds. The largest absolute Gasteiger partial charge is 0.337 e. The summed E-state index contributed by atoms with van der Waals surface area (Å²) in [5.41, 5.74) is 0.788. The van der Waals surface area contributed by atoms with Gasteiger partial charge in [-0.25, -0.2) is 9.04 Å². The molecule has 2 rings (SSSR count). The summed E-state index contributed by atoms with van der Waals surface area (Å²) in [4.78, 5) is 16.3. The maximum atomic E-state index is 12.5. The zero-order chi connectivity index (χ0) is 14.4. The van der Waals surface area contributed by atoms with Gasteiger partial charge < -0.3 is 4.90 Å². The van der Waals surface area contributed by atoms with Gasteiger partial charge in [-0.2, -0.15) is 5.10 Å². The average Bonchev–Trinajstić information content (AvgIpc) is 2.49. The molecular weight excluding hydrogens is 278 g/mol. The van der Waals surface area contributed by atoms with Gasteiger partial charge >= 0.3 is 0 Å². The zero-order valence-corrected chi connectivity index (χ0v) is 11.8. The highest BCUT2D eigenvalue weighted by molar-refractivity contribution is 7.77. The summed E-state index contributed by atoms with van der Waals surface area (Å²) in [7, 11) is 0. The lowest BCUT2D eigenvalue weighted by Gasteiger charge is -2.27. The number of piperidine rings is 1. The standard InChI is InChI=1S/C13H17N3O3S/c17-13(16-9-5-2-6-10-16)12(14-15-20(18)19)11-7-3-1-4-8-11/h1,3-4,7-8,15H,2,5-6,9-10H2,(H,18,19)/b14-12-. The number of nitrogens with zero attached hydrogens (tertiary/aromatic N) is 2. The molecule has 0 radical (unpaired) electrons. The van der Waals surface area contributed by atoms with E-state index in [9.17, 15) is 9.00 Å². The minimum atomic E-state index is -2.29. The number of carbonyl (C=O) groups is 1. The second kappa shape index (κ2) is 7.16. The third kappa shape index (κ3) is 3.88. The van der Waals surface area contributed by atoms with Gasteiger partial charge in [0.15, 0.2) is 5.71 Å². The predicted octanol–water partition coefficient (Wildman–Crippen LogP) is 1.13. The van der Waals surface area contributed by atoms with Gasteiger partial charge in [-0.1, -0.05) is 30.3 Å². The first-order valence-electron chi connectivity index (χ1n) is 6.47. The normalized spacial score (nSPS) is 17.6. The van der Waals surface area contributed by atoms with Crippen molar-refractivity contribution in [2.24, 2.45) is 5.10 Å². The molecule has 1 atom stereocenters. The van der Waals surface area contributed by atoms with Crippen LogP contribution < -0.4 is 4.83 Å². The van der Waals surface area contributed by atoms with Gasteiger partial charge in [0.25, 0.3) is 17.2 Å². The fourth-order valence-corrected chi connectivity index (χ4v) is 2.33. The van der Waals surface area contributed by atoms with Crippen LogP contribution in [0.3, 0.4) is 0 Å². The van der Waals surface area contributed by atoms with Crippen molar-refractivity contribution in [1.29, 1.82) is 0 Å². The number of rotatable bonds is 4. The van der Waals surface area contributed by atoms with Crippen molar-refractivity contribution in [3.8, 4) is 0 Å². The number of likely N-dealkylation sites (tertiary alicyclic amines) is 1. The Morgan fingerprint density at radius 3 is 2.45 bits per heavy atom. The molecular formula is C13H17N3O3S. The van der Waals surface area contributed by atoms with Crippen molar-refractivity contribution in [3.05, 3.63) is 35.9 Å². The second-order valence-electron chi connectivity index (χ2n) is 4.52. The summed E-state index contributed by atoms with van der Waals surface area (Å²) < 4.78 is 19.5. The van der Waals surface area contributed by atoms with Crippen LogP contribution in [0.15, 0.2) is 35.4 Å². The van der Waals surface area contributed by atoms with Gasteiger partial charge in [0.2, 0.25) is 0 Å². The summed E-state index contributed by atoms with van der Waals surface area (Å²) in [6.45, 7) is 1.40. The molecule has 1 saturated heterocycles. The van der Waals surface area contributed by atoms with Crippen LogP contribution in [0.4, 0.5) is 0 Å². The molecule has 1 aliphatic rings. The molecule has 20 heavy (non-hydrogen) atoms. The highest BCUT2D eigenvalue weighted by Gasteiger charge is 2.23. The number of carbonyl (C=O) groups excluding carboxylic acids is 1. The molecule has 0 spiro atoms. The number of hydrogen-bond acceptors (Lipinski definition) is 3. The van der Waals surface area contributed by atoms with E-state index in [4.69, 9.17) is 4.55 Å². The lowest BCUT2D eigenvalue weighted by Crippen LogP contribution is -2.41. The van der Waals surface area contributed by atoms with E-state index in [2.05, 4.69) is 5.10 Å². The number of benzene rings is 1. The molecule has 1 aliphatic heterocycles. The Morgan fingerprint density at radius 2 is 1.85 bits per heavy atom. The summed E-state index contributed by atoms with van der Waals surface area (Å²) in [5.74, 6) is -0.214. The first kappa shape index (κ1) is 14.7. The van der Waals surface area contributed by atoms with E-state index >= 15 is 0 Å². The van der Waals surface area contributed by atoms with Gasteiger partial charge in [0.05, 0.1) is 0 Å². The van der Waals surface area contributed by atoms with Crippen LogP contribution in [-0.4, -0.2) is 38.4 Å². The predicted molar refractivity (Wildman–Crippen MR) is 77.3 cm³/mol. The summed E-state index contributed by atoms with van der Waals surface area (Å²) >= 11 is -2.29. The molecule has 0 aliphatic carbocycles. The van der Waals surface area contributed by atoms with Gasteiger partial charge in [0, 0.05) is 18.7 Å². The third-order valence-corrected chi connectivity index (χ3v) is 3.38. The lowest BCUT2D eigenvalue weighted by atomic mass is 10.1. The minimum absolute atomic E-state index is 0.162. The number of hydrogen-bond donors (Lipinski definition) is 2. The molecule has 6 nitrogen and oxygen atoms in total. The first-order valence-corrected chi connectivity index (χ1v) is 7.58. The van der Waals surface area contributed by atoms with E-state index in [0.29, 0.717) is 18.7 Å². The van der Waals surface area contributed by atoms with E-state index in [-0.39, 0.29) is 11.6 Å². The molecule has 1 fully saturated rings. The van der Waals surface area contributed by atoms with E-state index < -0.39 is 11.3 Å². The monoisotopic (exact) mass is 295 g/mol. The molecule has 2 N–H and O–H groups in total. The number of hydrazone groups is 1. The van der Waals surface area contributed by atoms with Crippen molar-refractivity contribution >= 4 is 22.9 Å². The Kier molecular flexibility index (Phi) is 5.25. The van der Waals surface area contributed by atoms with Crippen LogP contribution >= 0.6 is 0 Å². The van der Waals surface area contributed by atoms with Gasteiger partial charge in [-0.15, -0.1) is 0 Å². The Hall–Kier alpha value is -1.73. The topological polar surface area (TPSA) is 82.0 Å². The molecule has 0 saturated carbocycles. The van der Waals surface area contributed by atoms with Crippen LogP contribution in [0.2, 0.25) is 0 Å². The second-order valence-corrected chi connectivity index (χ2v) is 5.20. The first-order chi connectivity index (χ1) is 9.68. The van der Waals surface area contributed by atoms with Crippen LogP contribution in [0, 0.1) is 0 Å². The fraction of sp³-hybridized carbons (Fsp3) is 0.385. The van der Waals surface area contributed by atoms with Crippen molar-refractivity contribution in [3.63, 3.8) is 0 Å². The Morgan fingerprint density at radius 1 is 1.20 bits per heavy atom. The van der Waals surface area contributed by atoms with Crippen LogP contribution in [0.5, 0.6) is 0 Å². The highest BCUT2D eigenvalue weighted by Crippen LogP contribution is 2.12. The van der Waals surface area contributed by atoms with Crippen LogP contribution in [-0.2, 0) is 16.1 Å². The maximum Gasteiger partial charge on any atom is 0.275 e. The van der Waals surface area contributed by atoms with Crippen molar-refractivity contribution in [2.45, 2.75) is 19.3 Å². The summed E-state index contributed by atoms with van der Waals surface area (Å²) in [6, 6.07) is 8.93. The Balaban J connectivity index is 2.24. The molecule has 0 aromatic heterocycles. The van der Waals surface area contributed by atoms with Crippen LogP contribution in [0.25, 0.3) is 0 Å². The van der Waals surface area contributed by atoms with E-state index in [1.807, 2.05) is 10.9 Å². The fourth-order valence-electron chi connectivity index (χ4n) is 2.16. The van der Waals surface area contributed by atoms with E-state index in [1.165, 1.54) is 0 Å². The Labute approximate surface area is 120 Å². The molecule has 1 unspecified atom stereocenters. The lowest BCUT2D eigenvalue weighted by molar-refractivity contribution is -0.124. The maximum absolute atomic E-state index is 12.5. The minimum Gasteiger partial charge on any atom is -0.337 e. The molecule has 1 aromatic carbocycles. The molecule has 1 aromatic rings. The Bertz CT molecular complexity index is 513. The van der Waals surface area contributed by atoms with Gasteiger partial charge in [0.1, 0.15) is 0 Å². The quantitative estimate of drug-likeness (QED) is 0.496. The SMILES string of the molecule is O=C(/C(=N\NS(=O)O)c1ccccc1)N1CCCCC1. The van der Waals surface area contributed by atoms with Gasteiger partial charge in [-0.3, -0.25) is 9.35 Å². The smallest absolute Gasteiger partial charge is 0.275 e. The van der Waals surface area contributed by atoms with E-state index in [0.717, 1.165) is 19.3 Å². The summed E-state index contributed by atoms with van der Waals surface area (Å²) in [6.07, 6.45) is 3.08. The number of amides is 1. The van der Waals surface area contributed by atoms with Crippen molar-refractivity contribution < 1.29 is 13.6 Å². The highest BCUT2D eigenvalue weighted by atomic mass is 32.2. The molecule has 0 bridgehead atoms. The zero-order valence-electron chi connectivity index (χ0n) is 11.0.